The van der Waals surface area contributed by atoms with Gasteiger partial charge in [0.2, 0.25) is 23.6 Å². The minimum atomic E-state index is -0.617. The molecule has 0 spiro atoms. The second kappa shape index (κ2) is 9.90. The zero-order valence-corrected chi connectivity index (χ0v) is 18.5. The van der Waals surface area contributed by atoms with E-state index in [2.05, 4.69) is 5.32 Å². The second-order valence-electron chi connectivity index (χ2n) is 8.22. The van der Waals surface area contributed by atoms with E-state index >= 15 is 0 Å². The lowest BCUT2D eigenvalue weighted by atomic mass is 9.85. The SMILES string of the molecule is CCC(C(=O)NC)N(Cc1ccccc1C)C(=O)CCN1C(=O)[C@H]2CC=CC[C@H]2C1=O. The van der Waals surface area contributed by atoms with E-state index < -0.39 is 6.04 Å². The highest BCUT2D eigenvalue weighted by Crippen LogP contribution is 2.35. The van der Waals surface area contributed by atoms with Gasteiger partial charge in [-0.2, -0.15) is 0 Å². The van der Waals surface area contributed by atoms with Gasteiger partial charge in [-0.25, -0.2) is 0 Å². The lowest BCUT2D eigenvalue weighted by molar-refractivity contribution is -0.144. The van der Waals surface area contributed by atoms with E-state index in [-0.39, 0.29) is 48.4 Å². The van der Waals surface area contributed by atoms with E-state index in [1.807, 2.05) is 50.3 Å². The minimum absolute atomic E-state index is 0.00369. The summed E-state index contributed by atoms with van der Waals surface area (Å²) in [5, 5.41) is 2.64. The Morgan fingerprint density at radius 3 is 2.29 bits per heavy atom. The Hall–Kier alpha value is -2.96. The summed E-state index contributed by atoms with van der Waals surface area (Å²) in [6, 6.07) is 7.13. The van der Waals surface area contributed by atoms with Crippen molar-refractivity contribution in [2.45, 2.75) is 52.1 Å². The van der Waals surface area contributed by atoms with Crippen LogP contribution in [-0.2, 0) is 25.7 Å². The molecule has 0 saturated carbocycles. The van der Waals surface area contributed by atoms with Crippen molar-refractivity contribution in [2.24, 2.45) is 11.8 Å². The lowest BCUT2D eigenvalue weighted by Gasteiger charge is -2.31. The normalized spacial score (nSPS) is 21.1. The van der Waals surface area contributed by atoms with Crippen molar-refractivity contribution in [3.8, 4) is 0 Å². The number of hydrogen-bond donors (Lipinski definition) is 1. The summed E-state index contributed by atoms with van der Waals surface area (Å²) in [5.41, 5.74) is 2.00. The fourth-order valence-corrected chi connectivity index (χ4v) is 4.50. The molecule has 3 rings (SSSR count). The zero-order chi connectivity index (χ0) is 22.5. The van der Waals surface area contributed by atoms with Gasteiger partial charge in [0.1, 0.15) is 6.04 Å². The van der Waals surface area contributed by atoms with Gasteiger partial charge in [0.15, 0.2) is 0 Å². The molecule has 1 aliphatic heterocycles. The molecule has 4 amide bonds. The summed E-state index contributed by atoms with van der Waals surface area (Å²) < 4.78 is 0. The number of imide groups is 1. The number of nitrogens with one attached hydrogen (secondary N) is 1. The summed E-state index contributed by atoms with van der Waals surface area (Å²) in [6.45, 7) is 4.19. The Kier molecular flexibility index (Phi) is 7.25. The number of nitrogens with zero attached hydrogens (tertiary/aromatic N) is 2. The molecule has 0 aromatic heterocycles. The summed E-state index contributed by atoms with van der Waals surface area (Å²) >= 11 is 0. The van der Waals surface area contributed by atoms with Gasteiger partial charge in [-0.1, -0.05) is 43.3 Å². The van der Waals surface area contributed by atoms with Gasteiger partial charge in [0, 0.05) is 26.6 Å². The monoisotopic (exact) mass is 425 g/mol. The number of aryl methyl sites for hydroxylation is 1. The number of hydrogen-bond acceptors (Lipinski definition) is 4. The van der Waals surface area contributed by atoms with Crippen LogP contribution < -0.4 is 5.32 Å². The maximum atomic E-state index is 13.2. The Bertz CT molecular complexity index is 869. The van der Waals surface area contributed by atoms with Crippen molar-refractivity contribution >= 4 is 23.6 Å². The zero-order valence-electron chi connectivity index (χ0n) is 18.5. The molecular formula is C24H31N3O4. The van der Waals surface area contributed by atoms with Gasteiger partial charge in [-0.15, -0.1) is 0 Å². The van der Waals surface area contributed by atoms with E-state index in [9.17, 15) is 19.2 Å². The van der Waals surface area contributed by atoms with Gasteiger partial charge < -0.3 is 10.2 Å². The third-order valence-corrected chi connectivity index (χ3v) is 6.38. The quantitative estimate of drug-likeness (QED) is 0.511. The lowest BCUT2D eigenvalue weighted by Crippen LogP contribution is -2.49. The number of likely N-dealkylation sites (tertiary alicyclic amines) is 1. The molecule has 1 N–H and O–H groups in total. The molecule has 2 aliphatic rings. The molecule has 1 unspecified atom stereocenters. The molecule has 1 aromatic carbocycles. The first-order valence-corrected chi connectivity index (χ1v) is 10.9. The largest absolute Gasteiger partial charge is 0.357 e. The van der Waals surface area contributed by atoms with Crippen LogP contribution in [0.2, 0.25) is 0 Å². The predicted octanol–water partition coefficient (Wildman–Crippen LogP) is 2.19. The van der Waals surface area contributed by atoms with Gasteiger partial charge in [-0.3, -0.25) is 24.1 Å². The Balaban J connectivity index is 1.75. The fraction of sp³-hybridized carbons (Fsp3) is 0.500. The molecule has 1 aliphatic carbocycles. The van der Waals surface area contributed by atoms with Crippen LogP contribution in [0, 0.1) is 18.8 Å². The van der Waals surface area contributed by atoms with E-state index in [1.165, 1.54) is 4.90 Å². The number of carbonyl (C=O) groups excluding carboxylic acids is 4. The highest BCUT2D eigenvalue weighted by atomic mass is 16.2. The highest BCUT2D eigenvalue weighted by Gasteiger charge is 2.47. The Morgan fingerprint density at radius 2 is 1.74 bits per heavy atom. The van der Waals surface area contributed by atoms with Crippen molar-refractivity contribution in [3.63, 3.8) is 0 Å². The summed E-state index contributed by atoms with van der Waals surface area (Å²) in [5.74, 6) is -1.44. The molecule has 1 aromatic rings. The number of carbonyl (C=O) groups is 4. The smallest absolute Gasteiger partial charge is 0.242 e. The highest BCUT2D eigenvalue weighted by molar-refractivity contribution is 6.05. The van der Waals surface area contributed by atoms with Crippen molar-refractivity contribution in [1.29, 1.82) is 0 Å². The van der Waals surface area contributed by atoms with E-state index in [0.717, 1.165) is 11.1 Å². The van der Waals surface area contributed by atoms with Crippen LogP contribution in [0.4, 0.5) is 0 Å². The van der Waals surface area contributed by atoms with Crippen LogP contribution >= 0.6 is 0 Å². The molecule has 31 heavy (non-hydrogen) atoms. The van der Waals surface area contributed by atoms with Crippen molar-refractivity contribution in [2.75, 3.05) is 13.6 Å². The molecule has 1 saturated heterocycles. The summed E-state index contributed by atoms with van der Waals surface area (Å²) in [7, 11) is 1.55. The number of amides is 4. The topological polar surface area (TPSA) is 86.8 Å². The maximum absolute atomic E-state index is 13.2. The van der Waals surface area contributed by atoms with Crippen LogP contribution in [0.25, 0.3) is 0 Å². The van der Waals surface area contributed by atoms with Crippen molar-refractivity contribution in [3.05, 3.63) is 47.5 Å². The molecule has 7 nitrogen and oxygen atoms in total. The van der Waals surface area contributed by atoms with Crippen LogP contribution in [-0.4, -0.2) is 53.1 Å². The fourth-order valence-electron chi connectivity index (χ4n) is 4.50. The van der Waals surface area contributed by atoms with Crippen molar-refractivity contribution < 1.29 is 19.2 Å². The molecule has 3 atom stereocenters. The predicted molar refractivity (Wildman–Crippen MR) is 117 cm³/mol. The average molecular weight is 426 g/mol. The summed E-state index contributed by atoms with van der Waals surface area (Å²) in [6.07, 6.45) is 5.51. The maximum Gasteiger partial charge on any atom is 0.242 e. The minimum Gasteiger partial charge on any atom is -0.357 e. The second-order valence-corrected chi connectivity index (χ2v) is 8.22. The van der Waals surface area contributed by atoms with E-state index in [1.54, 1.807) is 11.9 Å². The van der Waals surface area contributed by atoms with Crippen LogP contribution in [0.15, 0.2) is 36.4 Å². The number of fused-ring (bicyclic) bond motifs is 1. The molecule has 166 valence electrons. The van der Waals surface area contributed by atoms with Gasteiger partial charge in [-0.05, 0) is 37.3 Å². The Labute approximate surface area is 183 Å². The first-order valence-electron chi connectivity index (χ1n) is 10.9. The summed E-state index contributed by atoms with van der Waals surface area (Å²) in [4.78, 5) is 53.9. The molecule has 0 bridgehead atoms. The van der Waals surface area contributed by atoms with Crippen LogP contribution in [0.5, 0.6) is 0 Å². The number of rotatable bonds is 8. The van der Waals surface area contributed by atoms with Gasteiger partial charge >= 0.3 is 0 Å². The van der Waals surface area contributed by atoms with E-state index in [4.69, 9.17) is 0 Å². The van der Waals surface area contributed by atoms with E-state index in [0.29, 0.717) is 25.8 Å². The van der Waals surface area contributed by atoms with Crippen molar-refractivity contribution in [1.82, 2.24) is 15.1 Å². The number of benzene rings is 1. The Morgan fingerprint density at radius 1 is 1.13 bits per heavy atom. The number of allylic oxidation sites excluding steroid dienone is 2. The molecule has 7 heteroatoms. The van der Waals surface area contributed by atoms with Gasteiger partial charge in [0.25, 0.3) is 0 Å². The molecule has 1 heterocycles. The van der Waals surface area contributed by atoms with Gasteiger partial charge in [0.05, 0.1) is 11.8 Å². The average Bonchev–Trinajstić information content (AvgIpc) is 3.03. The molecule has 0 radical (unpaired) electrons. The number of likely N-dealkylation sites (N-methyl/N-ethyl adjacent to an activating group) is 1. The van der Waals surface area contributed by atoms with Crippen LogP contribution in [0.1, 0.15) is 43.7 Å². The van der Waals surface area contributed by atoms with Crippen LogP contribution in [0.3, 0.4) is 0 Å². The standard InChI is InChI=1S/C24H31N3O4/c1-4-20(22(29)25-3)27(15-17-10-6-5-9-16(17)2)21(28)13-14-26-23(30)18-11-7-8-12-19(18)24(26)31/h5-10,18-20H,4,11-15H2,1-3H3,(H,25,29)/t18-,19+,20?. The molecular weight excluding hydrogens is 394 g/mol. The molecule has 1 fully saturated rings. The third-order valence-electron chi connectivity index (χ3n) is 6.38. The first kappa shape index (κ1) is 22.7. The third kappa shape index (κ3) is 4.70. The first-order chi connectivity index (χ1) is 14.9.